The largest absolute Gasteiger partial charge is 0.371 e. The van der Waals surface area contributed by atoms with Crippen molar-refractivity contribution in [2.75, 3.05) is 18.0 Å². The Morgan fingerprint density at radius 2 is 1.87 bits per heavy atom. The highest BCUT2D eigenvalue weighted by molar-refractivity contribution is 5.75. The summed E-state index contributed by atoms with van der Waals surface area (Å²) in [4.78, 5) is 38.7. The molecule has 0 radical (unpaired) electrons. The molecule has 1 aliphatic heterocycles. The van der Waals surface area contributed by atoms with Gasteiger partial charge in [-0.3, -0.25) is 14.2 Å². The van der Waals surface area contributed by atoms with E-state index in [1.165, 1.54) is 10.9 Å². The van der Waals surface area contributed by atoms with Crippen LogP contribution in [0.15, 0.2) is 46.2 Å². The highest BCUT2D eigenvalue weighted by atomic mass is 16.5. The molecule has 0 bridgehead atoms. The molecule has 2 aliphatic rings. The van der Waals surface area contributed by atoms with Crippen LogP contribution >= 0.6 is 0 Å². The molecule has 6 rings (SSSR count). The maximum Gasteiger partial charge on any atom is 0.280 e. The van der Waals surface area contributed by atoms with Crippen LogP contribution in [0.4, 0.5) is 5.69 Å². The first kappa shape index (κ1) is 18.0. The molecule has 4 aromatic rings. The van der Waals surface area contributed by atoms with E-state index in [1.54, 1.807) is 17.9 Å². The predicted molar refractivity (Wildman–Crippen MR) is 110 cm³/mol. The number of benzene rings is 1. The zero-order valence-corrected chi connectivity index (χ0v) is 16.8. The molecule has 156 valence electrons. The topological polar surface area (TPSA) is 112 Å². The fraction of sp³-hybridized carbons (Fsp3) is 0.333. The van der Waals surface area contributed by atoms with Crippen LogP contribution in [0, 0.1) is 11.8 Å². The fourth-order valence-electron chi connectivity index (χ4n) is 4.68. The lowest BCUT2D eigenvalue weighted by Gasteiger charge is -2.21. The first-order chi connectivity index (χ1) is 15.1. The van der Waals surface area contributed by atoms with E-state index in [1.807, 2.05) is 24.3 Å². The number of nitrogens with zero attached hydrogens (tertiary/aromatic N) is 7. The smallest absolute Gasteiger partial charge is 0.280 e. The summed E-state index contributed by atoms with van der Waals surface area (Å²) in [7, 11) is 1.76. The van der Waals surface area contributed by atoms with E-state index < -0.39 is 0 Å². The van der Waals surface area contributed by atoms with Gasteiger partial charge in [-0.15, -0.1) is 0 Å². The number of imidazole rings is 1. The molecule has 10 nitrogen and oxygen atoms in total. The number of hydrogen-bond donors (Lipinski definition) is 0. The molecule has 3 aromatic heterocycles. The van der Waals surface area contributed by atoms with Gasteiger partial charge in [0.05, 0.1) is 6.33 Å². The summed E-state index contributed by atoms with van der Waals surface area (Å²) in [5.74, 6) is 2.38. The first-order valence-corrected chi connectivity index (χ1v) is 10.1. The quantitative estimate of drug-likeness (QED) is 0.446. The number of rotatable bonds is 5. The Bertz CT molecular complexity index is 1340. The molecule has 1 aromatic carbocycles. The van der Waals surface area contributed by atoms with E-state index in [0.29, 0.717) is 40.3 Å². The summed E-state index contributed by atoms with van der Waals surface area (Å²) in [6.45, 7) is 2.04. The summed E-state index contributed by atoms with van der Waals surface area (Å²) < 4.78 is 8.55. The maximum atomic E-state index is 12.7. The molecule has 10 heteroatoms. The Morgan fingerprint density at radius 3 is 2.61 bits per heavy atom. The van der Waals surface area contributed by atoms with Crippen molar-refractivity contribution in [1.29, 1.82) is 0 Å². The van der Waals surface area contributed by atoms with Crippen molar-refractivity contribution in [3.8, 4) is 0 Å². The van der Waals surface area contributed by atoms with Gasteiger partial charge < -0.3 is 14.0 Å². The molecule has 2 fully saturated rings. The summed E-state index contributed by atoms with van der Waals surface area (Å²) in [6.07, 6.45) is 3.88. The second kappa shape index (κ2) is 6.59. The van der Waals surface area contributed by atoms with Gasteiger partial charge in [-0.25, -0.2) is 9.97 Å². The molecule has 3 atom stereocenters. The number of fused-ring (bicyclic) bond motifs is 2. The van der Waals surface area contributed by atoms with Crippen LogP contribution in [0.2, 0.25) is 0 Å². The number of carbonyl (C=O) groups excluding carboxylic acids is 1. The van der Waals surface area contributed by atoms with Crippen molar-refractivity contribution in [2.24, 2.45) is 18.9 Å². The minimum atomic E-state index is -0.190. The lowest BCUT2D eigenvalue weighted by molar-refractivity contribution is 0.112. The number of carbonyl (C=O) groups is 1. The van der Waals surface area contributed by atoms with Crippen LogP contribution in [0.3, 0.4) is 0 Å². The molecule has 1 saturated heterocycles. The van der Waals surface area contributed by atoms with Crippen molar-refractivity contribution in [1.82, 2.24) is 29.2 Å². The van der Waals surface area contributed by atoms with Gasteiger partial charge in [0.2, 0.25) is 5.89 Å². The Balaban J connectivity index is 1.15. The minimum Gasteiger partial charge on any atom is -0.371 e. The second-order valence-corrected chi connectivity index (χ2v) is 8.22. The molecule has 0 spiro atoms. The van der Waals surface area contributed by atoms with Crippen LogP contribution in [-0.2, 0) is 13.6 Å². The highest BCUT2D eigenvalue weighted by Crippen LogP contribution is 2.57. The SMILES string of the molecule is Cn1cnc2ncn(Cc3nc([C@@H]4[C@@H]5CN(c6ccc(C=O)cc6)C[C@@H]54)no3)c(=O)c21. The van der Waals surface area contributed by atoms with Crippen molar-refractivity contribution >= 4 is 23.1 Å². The Kier molecular flexibility index (Phi) is 3.83. The molecule has 1 saturated carbocycles. The Morgan fingerprint density at radius 1 is 1.13 bits per heavy atom. The molecule has 0 N–H and O–H groups in total. The standard InChI is InChI=1S/C21H19N7O3/c1-26-10-22-20-18(26)21(30)28(11-23-20)8-16-24-19(25-31-16)17-14-6-27(7-15(14)17)13-4-2-12(9-29)3-5-13/h2-5,9-11,14-15,17H,6-8H2,1H3/t14-,15+,17-. The second-order valence-electron chi connectivity index (χ2n) is 8.22. The summed E-state index contributed by atoms with van der Waals surface area (Å²) in [5.41, 5.74) is 2.49. The van der Waals surface area contributed by atoms with E-state index in [-0.39, 0.29) is 18.0 Å². The predicted octanol–water partition coefficient (Wildman–Crippen LogP) is 1.22. The van der Waals surface area contributed by atoms with Crippen molar-refractivity contribution in [3.63, 3.8) is 0 Å². The van der Waals surface area contributed by atoms with Crippen molar-refractivity contribution in [2.45, 2.75) is 12.5 Å². The molecular weight excluding hydrogens is 398 g/mol. The van der Waals surface area contributed by atoms with Gasteiger partial charge in [0, 0.05) is 37.3 Å². The van der Waals surface area contributed by atoms with Crippen LogP contribution in [0.1, 0.15) is 28.0 Å². The average molecular weight is 417 g/mol. The van der Waals surface area contributed by atoms with Gasteiger partial charge >= 0.3 is 0 Å². The van der Waals surface area contributed by atoms with Gasteiger partial charge in [-0.05, 0) is 36.1 Å². The monoisotopic (exact) mass is 417 g/mol. The van der Waals surface area contributed by atoms with E-state index in [9.17, 15) is 9.59 Å². The van der Waals surface area contributed by atoms with Crippen LogP contribution < -0.4 is 10.5 Å². The van der Waals surface area contributed by atoms with Crippen molar-refractivity contribution in [3.05, 3.63) is 64.6 Å². The van der Waals surface area contributed by atoms with Crippen LogP contribution in [0.25, 0.3) is 11.2 Å². The Hall–Kier alpha value is -3.82. The number of piperidine rings is 1. The van der Waals surface area contributed by atoms with Gasteiger partial charge in [0.15, 0.2) is 17.0 Å². The summed E-state index contributed by atoms with van der Waals surface area (Å²) in [5, 5.41) is 4.18. The molecular formula is C21H19N7O3. The van der Waals surface area contributed by atoms with E-state index in [0.717, 1.165) is 25.1 Å². The normalized spacial score (nSPS) is 22.1. The molecule has 0 amide bonds. The first-order valence-electron chi connectivity index (χ1n) is 10.1. The van der Waals surface area contributed by atoms with E-state index in [4.69, 9.17) is 4.52 Å². The lowest BCUT2D eigenvalue weighted by atomic mass is 10.2. The zero-order chi connectivity index (χ0) is 21.1. The number of hydrogen-bond acceptors (Lipinski definition) is 8. The van der Waals surface area contributed by atoms with E-state index in [2.05, 4.69) is 25.0 Å². The number of aldehydes is 1. The molecule has 1 aliphatic carbocycles. The lowest BCUT2D eigenvalue weighted by Crippen LogP contribution is -2.23. The minimum absolute atomic E-state index is 0.178. The Labute approximate surface area is 176 Å². The fourth-order valence-corrected chi connectivity index (χ4v) is 4.68. The summed E-state index contributed by atoms with van der Waals surface area (Å²) in [6, 6.07) is 7.66. The zero-order valence-electron chi connectivity index (χ0n) is 16.8. The highest BCUT2D eigenvalue weighted by Gasteiger charge is 2.58. The van der Waals surface area contributed by atoms with Crippen LogP contribution in [-0.4, -0.2) is 48.6 Å². The van der Waals surface area contributed by atoms with Crippen molar-refractivity contribution < 1.29 is 9.32 Å². The van der Waals surface area contributed by atoms with Gasteiger partial charge in [0.1, 0.15) is 19.2 Å². The van der Waals surface area contributed by atoms with E-state index >= 15 is 0 Å². The van der Waals surface area contributed by atoms with Gasteiger partial charge in [-0.2, -0.15) is 4.98 Å². The molecule has 4 heterocycles. The maximum absolute atomic E-state index is 12.7. The number of aryl methyl sites for hydroxylation is 1. The molecule has 0 unspecified atom stereocenters. The molecule has 31 heavy (non-hydrogen) atoms. The summed E-state index contributed by atoms with van der Waals surface area (Å²) >= 11 is 0. The average Bonchev–Trinajstić information content (AvgIpc) is 3.21. The van der Waals surface area contributed by atoms with Gasteiger partial charge in [-0.1, -0.05) is 5.16 Å². The third kappa shape index (κ3) is 2.86. The third-order valence-electron chi connectivity index (χ3n) is 6.38. The third-order valence-corrected chi connectivity index (χ3v) is 6.38. The number of anilines is 1. The van der Waals surface area contributed by atoms with Gasteiger partial charge in [0.25, 0.3) is 5.56 Å². The van der Waals surface area contributed by atoms with Crippen LogP contribution in [0.5, 0.6) is 0 Å². The number of aromatic nitrogens is 6.